The molecule has 0 bridgehead atoms. The summed E-state index contributed by atoms with van der Waals surface area (Å²) in [6.45, 7) is 1.35. The number of aromatic amines is 1. The lowest BCUT2D eigenvalue weighted by molar-refractivity contribution is -0.0886. The Morgan fingerprint density at radius 1 is 1.25 bits per heavy atom. The van der Waals surface area contributed by atoms with Gasteiger partial charge in [-0.3, -0.25) is 9.59 Å². The van der Waals surface area contributed by atoms with Gasteiger partial charge in [0.2, 0.25) is 5.43 Å². The summed E-state index contributed by atoms with van der Waals surface area (Å²) in [4.78, 5) is 29.9. The molecule has 2 heterocycles. The molecule has 4 rings (SSSR count). The fraction of sp³-hybridized carbons (Fsp3) is 0.455. The molecule has 0 radical (unpaired) electrons. The highest BCUT2D eigenvalue weighted by atomic mass is 16.5. The molecule has 1 aromatic heterocycles. The molecule has 2 aromatic rings. The number of ether oxygens (including phenoxy) is 1. The molecule has 28 heavy (non-hydrogen) atoms. The van der Waals surface area contributed by atoms with Crippen LogP contribution in [0.3, 0.4) is 0 Å². The Labute approximate surface area is 164 Å². The third kappa shape index (κ3) is 3.83. The van der Waals surface area contributed by atoms with Crippen molar-refractivity contribution in [2.75, 3.05) is 13.1 Å². The third-order valence-electron chi connectivity index (χ3n) is 6.06. The van der Waals surface area contributed by atoms with Gasteiger partial charge in [-0.15, -0.1) is 0 Å². The normalized spacial score (nSPS) is 24.5. The highest BCUT2D eigenvalue weighted by Gasteiger charge is 2.43. The zero-order valence-corrected chi connectivity index (χ0v) is 15.9. The second-order valence-electron chi connectivity index (χ2n) is 7.90. The Balaban J connectivity index is 1.42. The van der Waals surface area contributed by atoms with Gasteiger partial charge in [-0.1, -0.05) is 43.2 Å². The van der Waals surface area contributed by atoms with Gasteiger partial charge in [0.1, 0.15) is 12.3 Å². The predicted octanol–water partition coefficient (Wildman–Crippen LogP) is 2.72. The van der Waals surface area contributed by atoms with Gasteiger partial charge >= 0.3 is 0 Å². The number of carbonyl (C=O) groups excluding carboxylic acids is 1. The average molecular weight is 382 g/mol. The standard InChI is InChI=1S/C22H26N2O4/c25-19-12-18(23-13-20(19)28-15-16-6-2-1-3-7-16)21(26)24-11-10-22(27)9-5-4-8-17(22)14-24/h1-3,6-7,12-13,17,27H,4-5,8-11,14-15H2,(H,23,25)/t17-,22+/m1/s1. The Kier molecular flexibility index (Phi) is 5.22. The number of carbonyl (C=O) groups is 1. The summed E-state index contributed by atoms with van der Waals surface area (Å²) in [6, 6.07) is 10.9. The number of hydrogen-bond acceptors (Lipinski definition) is 4. The number of benzene rings is 1. The van der Waals surface area contributed by atoms with Crippen LogP contribution in [0.4, 0.5) is 0 Å². The van der Waals surface area contributed by atoms with Gasteiger partial charge in [-0.05, 0) is 24.8 Å². The summed E-state index contributed by atoms with van der Waals surface area (Å²) < 4.78 is 5.59. The number of aliphatic hydroxyl groups is 1. The summed E-state index contributed by atoms with van der Waals surface area (Å²) in [5, 5.41) is 10.8. The topological polar surface area (TPSA) is 82.6 Å². The number of pyridine rings is 1. The van der Waals surface area contributed by atoms with Crippen LogP contribution in [0.5, 0.6) is 5.75 Å². The van der Waals surface area contributed by atoms with Gasteiger partial charge in [0.05, 0.1) is 5.60 Å². The Morgan fingerprint density at radius 3 is 2.86 bits per heavy atom. The molecule has 148 valence electrons. The van der Waals surface area contributed by atoms with Crippen molar-refractivity contribution in [1.82, 2.24) is 9.88 Å². The zero-order chi connectivity index (χ0) is 19.6. The van der Waals surface area contributed by atoms with E-state index in [0.717, 1.165) is 31.2 Å². The Morgan fingerprint density at radius 2 is 2.07 bits per heavy atom. The second-order valence-corrected chi connectivity index (χ2v) is 7.90. The van der Waals surface area contributed by atoms with E-state index >= 15 is 0 Å². The van der Waals surface area contributed by atoms with Crippen molar-refractivity contribution >= 4 is 5.91 Å². The van der Waals surface area contributed by atoms with Crippen LogP contribution in [0.2, 0.25) is 0 Å². The number of fused-ring (bicyclic) bond motifs is 1. The second kappa shape index (κ2) is 7.80. The number of rotatable bonds is 4. The van der Waals surface area contributed by atoms with E-state index < -0.39 is 5.60 Å². The summed E-state index contributed by atoms with van der Waals surface area (Å²) in [5.41, 5.74) is 0.287. The van der Waals surface area contributed by atoms with Crippen molar-refractivity contribution in [3.05, 3.63) is 64.1 Å². The van der Waals surface area contributed by atoms with E-state index in [9.17, 15) is 14.7 Å². The van der Waals surface area contributed by atoms with Crippen molar-refractivity contribution in [2.24, 2.45) is 5.92 Å². The fourth-order valence-electron chi connectivity index (χ4n) is 4.36. The summed E-state index contributed by atoms with van der Waals surface area (Å²) in [5.74, 6) is 0.124. The molecule has 1 saturated heterocycles. The van der Waals surface area contributed by atoms with Gasteiger partial charge in [0, 0.05) is 31.3 Å². The van der Waals surface area contributed by atoms with E-state index in [1.165, 1.54) is 12.3 Å². The molecule has 0 unspecified atom stereocenters. The Hall–Kier alpha value is -2.60. The molecular formula is C22H26N2O4. The maximum atomic E-state index is 12.9. The largest absolute Gasteiger partial charge is 0.483 e. The number of H-pyrrole nitrogens is 1. The van der Waals surface area contributed by atoms with Crippen LogP contribution in [0.25, 0.3) is 0 Å². The number of amides is 1. The van der Waals surface area contributed by atoms with Crippen LogP contribution in [0, 0.1) is 5.92 Å². The maximum absolute atomic E-state index is 12.9. The smallest absolute Gasteiger partial charge is 0.270 e. The van der Waals surface area contributed by atoms with Gasteiger partial charge in [0.15, 0.2) is 5.75 Å². The van der Waals surface area contributed by atoms with Crippen LogP contribution in [0.15, 0.2) is 47.4 Å². The molecule has 2 atom stereocenters. The van der Waals surface area contributed by atoms with Crippen molar-refractivity contribution in [3.63, 3.8) is 0 Å². The van der Waals surface area contributed by atoms with E-state index in [2.05, 4.69) is 4.98 Å². The van der Waals surface area contributed by atoms with Crippen molar-refractivity contribution < 1.29 is 14.6 Å². The van der Waals surface area contributed by atoms with Gasteiger partial charge in [-0.2, -0.15) is 0 Å². The minimum atomic E-state index is -0.627. The molecule has 2 fully saturated rings. The molecule has 2 N–H and O–H groups in total. The molecule has 6 heteroatoms. The number of likely N-dealkylation sites (tertiary alicyclic amines) is 1. The van der Waals surface area contributed by atoms with Crippen LogP contribution in [-0.2, 0) is 6.61 Å². The number of hydrogen-bond donors (Lipinski definition) is 2. The highest BCUT2D eigenvalue weighted by Crippen LogP contribution is 2.39. The van der Waals surface area contributed by atoms with Crippen LogP contribution in [0.1, 0.15) is 48.2 Å². The lowest BCUT2D eigenvalue weighted by atomic mass is 9.71. The molecule has 1 aliphatic carbocycles. The molecule has 6 nitrogen and oxygen atoms in total. The molecular weight excluding hydrogens is 356 g/mol. The monoisotopic (exact) mass is 382 g/mol. The van der Waals surface area contributed by atoms with Crippen molar-refractivity contribution in [3.8, 4) is 5.75 Å². The maximum Gasteiger partial charge on any atom is 0.270 e. The molecule has 1 saturated carbocycles. The van der Waals surface area contributed by atoms with Crippen LogP contribution >= 0.6 is 0 Å². The number of nitrogens with one attached hydrogen (secondary N) is 1. The first-order chi connectivity index (χ1) is 13.5. The van der Waals surface area contributed by atoms with Crippen molar-refractivity contribution in [2.45, 2.75) is 44.3 Å². The molecule has 1 amide bonds. The van der Waals surface area contributed by atoms with E-state index in [1.807, 2.05) is 30.3 Å². The molecule has 1 aliphatic heterocycles. The fourth-order valence-corrected chi connectivity index (χ4v) is 4.36. The molecule has 1 aromatic carbocycles. The van der Waals surface area contributed by atoms with E-state index in [-0.39, 0.29) is 28.7 Å². The van der Waals surface area contributed by atoms with E-state index in [4.69, 9.17) is 4.74 Å². The Bertz CT molecular complexity index is 895. The highest BCUT2D eigenvalue weighted by molar-refractivity contribution is 5.92. The van der Waals surface area contributed by atoms with Gasteiger partial charge in [-0.25, -0.2) is 0 Å². The summed E-state index contributed by atoms with van der Waals surface area (Å²) >= 11 is 0. The van der Waals surface area contributed by atoms with Gasteiger partial charge < -0.3 is 19.7 Å². The van der Waals surface area contributed by atoms with E-state index in [1.54, 1.807) is 4.90 Å². The van der Waals surface area contributed by atoms with E-state index in [0.29, 0.717) is 26.1 Å². The third-order valence-corrected chi connectivity index (χ3v) is 6.06. The number of nitrogens with zero attached hydrogens (tertiary/aromatic N) is 1. The molecule has 0 spiro atoms. The number of piperidine rings is 1. The lowest BCUT2D eigenvalue weighted by Gasteiger charge is -2.47. The molecule has 2 aliphatic rings. The van der Waals surface area contributed by atoms with Gasteiger partial charge in [0.25, 0.3) is 5.91 Å². The van der Waals surface area contributed by atoms with Crippen molar-refractivity contribution in [1.29, 1.82) is 0 Å². The van der Waals surface area contributed by atoms with Crippen LogP contribution in [-0.4, -0.2) is 39.6 Å². The zero-order valence-electron chi connectivity index (χ0n) is 15.9. The quantitative estimate of drug-likeness (QED) is 0.852. The minimum absolute atomic E-state index is 0.124. The first-order valence-electron chi connectivity index (χ1n) is 9.96. The summed E-state index contributed by atoms with van der Waals surface area (Å²) in [7, 11) is 0. The number of aromatic nitrogens is 1. The first kappa shape index (κ1) is 18.7. The SMILES string of the molecule is O=C(c1cc(=O)c(OCc2ccccc2)c[nH]1)N1CC[C@@]2(O)CCCC[C@@H]2C1. The lowest BCUT2D eigenvalue weighted by Crippen LogP contribution is -2.54. The minimum Gasteiger partial charge on any atom is -0.483 e. The predicted molar refractivity (Wildman–Crippen MR) is 105 cm³/mol. The average Bonchev–Trinajstić information content (AvgIpc) is 2.72. The van der Waals surface area contributed by atoms with Crippen LogP contribution < -0.4 is 10.2 Å². The summed E-state index contributed by atoms with van der Waals surface area (Å²) in [6.07, 6.45) is 5.98. The first-order valence-corrected chi connectivity index (χ1v) is 9.96.